The Kier molecular flexibility index (Phi) is 32.4. The Morgan fingerprint density at radius 3 is 1.26 bits per heavy atom. The molecule has 0 fully saturated rings. The molecule has 1 amide bonds. The molecular formula is C36H72NO5P. The second kappa shape index (κ2) is 32.8. The second-order valence-corrected chi connectivity index (χ2v) is 14.2. The van der Waals surface area contributed by atoms with Crippen molar-refractivity contribution >= 4 is 13.9 Å². The van der Waals surface area contributed by atoms with Crippen molar-refractivity contribution in [3.8, 4) is 0 Å². The summed E-state index contributed by atoms with van der Waals surface area (Å²) in [6.45, 7) is 4.63. The lowest BCUT2D eigenvalue weighted by Crippen LogP contribution is -2.44. The summed E-state index contributed by atoms with van der Waals surface area (Å²) in [6.07, 6.45) is 31.7. The summed E-state index contributed by atoms with van der Waals surface area (Å²) in [5.74, 6) is -0.445. The van der Waals surface area contributed by atoms with E-state index in [1.165, 1.54) is 140 Å². The van der Waals surface area contributed by atoms with Crippen molar-refractivity contribution in [2.24, 2.45) is 0 Å². The number of aliphatic hydroxyl groups excluding tert-OH is 2. The molecule has 0 radical (unpaired) electrons. The minimum atomic E-state index is -2.61. The van der Waals surface area contributed by atoms with E-state index in [0.717, 1.165) is 32.1 Å². The molecule has 0 aliphatic rings. The summed E-state index contributed by atoms with van der Waals surface area (Å²) in [5.41, 5.74) is 0. The van der Waals surface area contributed by atoms with Gasteiger partial charge in [-0.2, -0.15) is 0 Å². The summed E-state index contributed by atoms with van der Waals surface area (Å²) in [4.78, 5) is 25.4. The van der Waals surface area contributed by atoms with Crippen LogP contribution in [0.2, 0.25) is 0 Å². The van der Waals surface area contributed by atoms with Crippen LogP contribution in [0.15, 0.2) is 0 Å². The van der Waals surface area contributed by atoms with Gasteiger partial charge in [-0.1, -0.05) is 185 Å². The van der Waals surface area contributed by atoms with E-state index in [4.69, 9.17) is 0 Å². The van der Waals surface area contributed by atoms with Gasteiger partial charge in [0, 0.05) is 6.54 Å². The molecule has 0 saturated heterocycles. The van der Waals surface area contributed by atoms with Crippen molar-refractivity contribution in [3.63, 3.8) is 0 Å². The predicted molar refractivity (Wildman–Crippen MR) is 182 cm³/mol. The Morgan fingerprint density at radius 1 is 0.581 bits per heavy atom. The predicted octanol–water partition coefficient (Wildman–Crippen LogP) is 9.60. The number of carbonyl (C=O) groups is 1. The number of unbranched alkanes of at least 4 members (excludes halogenated alkanes) is 24. The third-order valence-electron chi connectivity index (χ3n) is 8.80. The van der Waals surface area contributed by atoms with Crippen molar-refractivity contribution in [3.05, 3.63) is 0 Å². The van der Waals surface area contributed by atoms with Crippen LogP contribution in [0.5, 0.6) is 0 Å². The summed E-state index contributed by atoms with van der Waals surface area (Å²) in [7, 11) is -2.61. The van der Waals surface area contributed by atoms with Gasteiger partial charge in [0.1, 0.15) is 6.10 Å². The van der Waals surface area contributed by atoms with Crippen molar-refractivity contribution in [1.82, 2.24) is 4.90 Å². The molecule has 3 atom stereocenters. The molecule has 43 heavy (non-hydrogen) atoms. The molecule has 0 aromatic rings. The van der Waals surface area contributed by atoms with Gasteiger partial charge >= 0.3 is 8.03 Å². The normalized spacial score (nSPS) is 13.3. The zero-order valence-electron chi connectivity index (χ0n) is 28.6. The molecule has 0 heterocycles. The SMILES string of the molecule is CCCCCCCCCCCCCCCCC(O)CN(CC[P+](=O)[O-])C(=O)C(O)CCCCCCCCCCCCCC. The van der Waals surface area contributed by atoms with Crippen LogP contribution >= 0.6 is 8.03 Å². The topological polar surface area (TPSA) is 101 Å². The minimum Gasteiger partial charge on any atom is -0.596 e. The molecule has 7 heteroatoms. The van der Waals surface area contributed by atoms with E-state index in [1.54, 1.807) is 0 Å². The van der Waals surface area contributed by atoms with Crippen molar-refractivity contribution in [1.29, 1.82) is 0 Å². The Bertz CT molecular complexity index is 620. The van der Waals surface area contributed by atoms with E-state index < -0.39 is 26.1 Å². The van der Waals surface area contributed by atoms with Crippen LogP contribution in [-0.4, -0.2) is 52.5 Å². The van der Waals surface area contributed by atoms with Crippen molar-refractivity contribution in [2.75, 3.05) is 19.3 Å². The summed E-state index contributed by atoms with van der Waals surface area (Å²) < 4.78 is 11.2. The Balaban J connectivity index is 4.00. The van der Waals surface area contributed by atoms with Gasteiger partial charge in [-0.25, -0.2) is 0 Å². The molecule has 256 valence electrons. The fourth-order valence-corrected chi connectivity index (χ4v) is 6.33. The van der Waals surface area contributed by atoms with Gasteiger partial charge in [-0.05, 0) is 12.8 Å². The highest BCUT2D eigenvalue weighted by atomic mass is 31.1. The zero-order chi connectivity index (χ0) is 31.8. The molecule has 0 spiro atoms. The monoisotopic (exact) mass is 630 g/mol. The fraction of sp³-hybridized carbons (Fsp3) is 0.972. The number of aliphatic hydroxyl groups is 2. The van der Waals surface area contributed by atoms with Crippen LogP contribution in [0, 0.1) is 0 Å². The largest absolute Gasteiger partial charge is 0.596 e. The van der Waals surface area contributed by atoms with Crippen LogP contribution in [0.3, 0.4) is 0 Å². The summed E-state index contributed by atoms with van der Waals surface area (Å²) in [6, 6.07) is 0. The number of amides is 1. The maximum atomic E-state index is 12.9. The van der Waals surface area contributed by atoms with Gasteiger partial charge in [0.15, 0.2) is 6.16 Å². The zero-order valence-corrected chi connectivity index (χ0v) is 29.5. The highest BCUT2D eigenvalue weighted by molar-refractivity contribution is 7.36. The first-order chi connectivity index (χ1) is 20.9. The van der Waals surface area contributed by atoms with Crippen LogP contribution < -0.4 is 4.89 Å². The molecule has 0 saturated carbocycles. The van der Waals surface area contributed by atoms with Crippen LogP contribution in [0.4, 0.5) is 0 Å². The maximum Gasteiger partial charge on any atom is 0.310 e. The summed E-state index contributed by atoms with van der Waals surface area (Å²) in [5, 5.41) is 21.1. The molecule has 2 N–H and O–H groups in total. The van der Waals surface area contributed by atoms with E-state index in [1.807, 2.05) is 0 Å². The molecule has 3 unspecified atom stereocenters. The number of carbonyl (C=O) groups excluding carboxylic acids is 1. The highest BCUT2D eigenvalue weighted by Crippen LogP contribution is 2.17. The van der Waals surface area contributed by atoms with Gasteiger partial charge in [0.2, 0.25) is 0 Å². The summed E-state index contributed by atoms with van der Waals surface area (Å²) >= 11 is 0. The van der Waals surface area contributed by atoms with Gasteiger partial charge < -0.3 is 20.0 Å². The number of rotatable bonds is 34. The van der Waals surface area contributed by atoms with Crippen molar-refractivity contribution in [2.45, 2.75) is 206 Å². The number of nitrogens with zero attached hydrogens (tertiary/aromatic N) is 1. The maximum absolute atomic E-state index is 12.9. The van der Waals surface area contributed by atoms with Crippen LogP contribution in [0.25, 0.3) is 0 Å². The first-order valence-corrected chi connectivity index (χ1v) is 20.0. The third kappa shape index (κ3) is 29.9. The lowest BCUT2D eigenvalue weighted by Gasteiger charge is -2.26. The molecule has 6 nitrogen and oxygen atoms in total. The first kappa shape index (κ1) is 42.5. The van der Waals surface area contributed by atoms with E-state index >= 15 is 0 Å². The van der Waals surface area contributed by atoms with Gasteiger partial charge in [-0.3, -0.25) is 4.79 Å². The molecule has 0 rings (SSSR count). The Hall–Kier alpha value is -0.550. The number of hydrogen-bond acceptors (Lipinski definition) is 5. The van der Waals surface area contributed by atoms with E-state index in [2.05, 4.69) is 13.8 Å². The lowest BCUT2D eigenvalue weighted by molar-refractivity contribution is -0.164. The van der Waals surface area contributed by atoms with E-state index in [9.17, 15) is 24.5 Å². The van der Waals surface area contributed by atoms with Crippen molar-refractivity contribution < 1.29 is 24.5 Å². The van der Waals surface area contributed by atoms with Crippen LogP contribution in [0.1, 0.15) is 194 Å². The molecule has 0 aliphatic carbocycles. The average Bonchev–Trinajstić information content (AvgIpc) is 2.99. The van der Waals surface area contributed by atoms with Gasteiger partial charge in [0.05, 0.1) is 12.6 Å². The van der Waals surface area contributed by atoms with E-state index in [-0.39, 0.29) is 19.3 Å². The Morgan fingerprint density at radius 2 is 0.907 bits per heavy atom. The van der Waals surface area contributed by atoms with E-state index in [0.29, 0.717) is 12.8 Å². The fourth-order valence-electron chi connectivity index (χ4n) is 5.93. The smallest absolute Gasteiger partial charge is 0.310 e. The molecule has 0 bridgehead atoms. The quantitative estimate of drug-likeness (QED) is 0.0545. The highest BCUT2D eigenvalue weighted by Gasteiger charge is 2.25. The minimum absolute atomic E-state index is 0.0306. The van der Waals surface area contributed by atoms with Gasteiger partial charge in [0.25, 0.3) is 5.91 Å². The van der Waals surface area contributed by atoms with Gasteiger partial charge in [-0.15, -0.1) is 0 Å². The molecular weight excluding hydrogens is 557 g/mol. The third-order valence-corrected chi connectivity index (χ3v) is 9.37. The number of hydrogen-bond donors (Lipinski definition) is 2. The second-order valence-electron chi connectivity index (χ2n) is 13.1. The Labute approximate surface area is 268 Å². The first-order valence-electron chi connectivity index (χ1n) is 18.7. The average molecular weight is 630 g/mol. The lowest BCUT2D eigenvalue weighted by atomic mass is 10.0. The standard InChI is InChI=1S/C36H72NO5P/c1-3-5-7-9-11-13-15-17-18-19-21-23-25-27-29-34(38)33-37(31-32-43(41)42)36(40)35(39)30-28-26-24-22-20-16-14-12-10-8-6-4-2/h34-35,38-39H,3-33H2,1-2H3. The van der Waals surface area contributed by atoms with Crippen LogP contribution in [-0.2, 0) is 9.36 Å². The molecule has 0 aromatic heterocycles. The molecule has 0 aromatic carbocycles. The molecule has 0 aliphatic heterocycles.